The highest BCUT2D eigenvalue weighted by atomic mass is 32.2. The maximum atomic E-state index is 12.4. The zero-order valence-electron chi connectivity index (χ0n) is 15.8. The number of nitrogens with zero attached hydrogens (tertiary/aromatic N) is 4. The summed E-state index contributed by atoms with van der Waals surface area (Å²) in [7, 11) is 0. The number of thiazole rings is 1. The molecule has 0 atom stereocenters. The molecule has 0 radical (unpaired) electrons. The lowest BCUT2D eigenvalue weighted by Crippen LogP contribution is -2.14. The maximum Gasteiger partial charge on any atom is 0.236 e. The standard InChI is InChI=1S/C20H19N5OS2/c1-12-4-7-15(8-5-12)25-14(3)23-24-20(25)27-11-18(26)22-19-21-16-9-6-13(2)10-17(16)28-19/h4-10H,11H2,1-3H3,(H,21,22,26). The summed E-state index contributed by atoms with van der Waals surface area (Å²) in [6.45, 7) is 5.99. The van der Waals surface area contributed by atoms with Crippen LogP contribution < -0.4 is 5.32 Å². The van der Waals surface area contributed by atoms with Crippen LogP contribution in [0.3, 0.4) is 0 Å². The fraction of sp³-hybridized carbons (Fsp3) is 0.200. The van der Waals surface area contributed by atoms with Crippen LogP contribution in [0.5, 0.6) is 0 Å². The van der Waals surface area contributed by atoms with Crippen LogP contribution in [0.1, 0.15) is 17.0 Å². The maximum absolute atomic E-state index is 12.4. The van der Waals surface area contributed by atoms with E-state index in [4.69, 9.17) is 0 Å². The molecule has 1 N–H and O–H groups in total. The second kappa shape index (κ2) is 7.73. The summed E-state index contributed by atoms with van der Waals surface area (Å²) in [5, 5.41) is 12.6. The van der Waals surface area contributed by atoms with Crippen LogP contribution >= 0.6 is 23.1 Å². The van der Waals surface area contributed by atoms with Gasteiger partial charge in [-0.2, -0.15) is 0 Å². The topological polar surface area (TPSA) is 72.7 Å². The van der Waals surface area contributed by atoms with Gasteiger partial charge >= 0.3 is 0 Å². The molecule has 1 amide bonds. The van der Waals surface area contributed by atoms with E-state index in [9.17, 15) is 4.79 Å². The molecule has 8 heteroatoms. The molecule has 0 spiro atoms. The monoisotopic (exact) mass is 409 g/mol. The molecule has 2 aromatic heterocycles. The van der Waals surface area contributed by atoms with Gasteiger partial charge in [0.25, 0.3) is 0 Å². The first kappa shape index (κ1) is 18.6. The summed E-state index contributed by atoms with van der Waals surface area (Å²) in [5.74, 6) is 0.907. The number of rotatable bonds is 5. The third-order valence-electron chi connectivity index (χ3n) is 4.21. The molecule has 0 aliphatic rings. The minimum Gasteiger partial charge on any atom is -0.301 e. The molecule has 0 saturated carbocycles. The Labute approximate surface area is 171 Å². The van der Waals surface area contributed by atoms with E-state index in [-0.39, 0.29) is 11.7 Å². The average Bonchev–Trinajstić information content (AvgIpc) is 3.23. The van der Waals surface area contributed by atoms with Gasteiger partial charge in [0, 0.05) is 5.69 Å². The van der Waals surface area contributed by atoms with E-state index in [1.54, 1.807) is 0 Å². The zero-order valence-corrected chi connectivity index (χ0v) is 17.4. The number of anilines is 1. The molecule has 0 fully saturated rings. The quantitative estimate of drug-likeness (QED) is 0.490. The molecule has 2 aromatic carbocycles. The summed E-state index contributed by atoms with van der Waals surface area (Å²) < 4.78 is 3.02. The van der Waals surface area contributed by atoms with Crippen molar-refractivity contribution >= 4 is 44.4 Å². The van der Waals surface area contributed by atoms with Gasteiger partial charge in [-0.15, -0.1) is 10.2 Å². The Morgan fingerprint density at radius 2 is 1.82 bits per heavy atom. The van der Waals surface area contributed by atoms with Gasteiger partial charge in [-0.05, 0) is 50.6 Å². The molecule has 0 unspecified atom stereocenters. The number of benzene rings is 2. The first-order valence-electron chi connectivity index (χ1n) is 8.78. The molecular formula is C20H19N5OS2. The molecule has 0 aliphatic heterocycles. The van der Waals surface area contributed by atoms with Crippen molar-refractivity contribution in [3.05, 3.63) is 59.4 Å². The second-order valence-corrected chi connectivity index (χ2v) is 8.50. The summed E-state index contributed by atoms with van der Waals surface area (Å²) in [6.07, 6.45) is 0. The number of carbonyl (C=O) groups excluding carboxylic acids is 1. The predicted molar refractivity (Wildman–Crippen MR) is 115 cm³/mol. The summed E-state index contributed by atoms with van der Waals surface area (Å²) in [4.78, 5) is 16.9. The third kappa shape index (κ3) is 3.93. The highest BCUT2D eigenvalue weighted by Gasteiger charge is 2.14. The number of carbonyl (C=O) groups is 1. The van der Waals surface area contributed by atoms with Crippen molar-refractivity contribution < 1.29 is 4.79 Å². The van der Waals surface area contributed by atoms with Crippen molar-refractivity contribution in [1.29, 1.82) is 0 Å². The van der Waals surface area contributed by atoms with Gasteiger partial charge in [0.2, 0.25) is 5.91 Å². The minimum absolute atomic E-state index is 0.114. The Morgan fingerprint density at radius 1 is 1.07 bits per heavy atom. The first-order valence-corrected chi connectivity index (χ1v) is 10.6. The van der Waals surface area contributed by atoms with Crippen LogP contribution in [0.25, 0.3) is 15.9 Å². The molecular weight excluding hydrogens is 390 g/mol. The highest BCUT2D eigenvalue weighted by Crippen LogP contribution is 2.27. The van der Waals surface area contributed by atoms with Crippen LogP contribution in [-0.4, -0.2) is 31.4 Å². The number of fused-ring (bicyclic) bond motifs is 1. The van der Waals surface area contributed by atoms with E-state index >= 15 is 0 Å². The Morgan fingerprint density at radius 3 is 2.61 bits per heavy atom. The molecule has 28 heavy (non-hydrogen) atoms. The number of aryl methyl sites for hydroxylation is 3. The normalized spacial score (nSPS) is 11.1. The van der Waals surface area contributed by atoms with Gasteiger partial charge < -0.3 is 5.32 Å². The lowest BCUT2D eigenvalue weighted by molar-refractivity contribution is -0.113. The van der Waals surface area contributed by atoms with Crippen LogP contribution in [0.2, 0.25) is 0 Å². The largest absolute Gasteiger partial charge is 0.301 e. The Kier molecular flexibility index (Phi) is 5.15. The lowest BCUT2D eigenvalue weighted by Gasteiger charge is -2.08. The van der Waals surface area contributed by atoms with Crippen molar-refractivity contribution in [2.24, 2.45) is 0 Å². The number of nitrogens with one attached hydrogen (secondary N) is 1. The van der Waals surface area contributed by atoms with Crippen LogP contribution in [-0.2, 0) is 4.79 Å². The van der Waals surface area contributed by atoms with Gasteiger partial charge in [0.15, 0.2) is 10.3 Å². The lowest BCUT2D eigenvalue weighted by atomic mass is 10.2. The van der Waals surface area contributed by atoms with E-state index in [0.29, 0.717) is 10.3 Å². The number of thioether (sulfide) groups is 1. The Hall–Kier alpha value is -2.71. The number of aromatic nitrogens is 4. The van der Waals surface area contributed by atoms with Crippen molar-refractivity contribution in [2.75, 3.05) is 11.1 Å². The van der Waals surface area contributed by atoms with Gasteiger partial charge in [-0.1, -0.05) is 46.9 Å². The van der Waals surface area contributed by atoms with E-state index in [0.717, 1.165) is 21.7 Å². The summed E-state index contributed by atoms with van der Waals surface area (Å²) >= 11 is 2.84. The van der Waals surface area contributed by atoms with E-state index in [2.05, 4.69) is 26.6 Å². The highest BCUT2D eigenvalue weighted by molar-refractivity contribution is 7.99. The molecule has 142 valence electrons. The Balaban J connectivity index is 1.45. The summed E-state index contributed by atoms with van der Waals surface area (Å²) in [6, 6.07) is 14.2. The number of hydrogen-bond acceptors (Lipinski definition) is 6. The average molecular weight is 410 g/mol. The molecule has 0 saturated heterocycles. The molecule has 6 nitrogen and oxygen atoms in total. The van der Waals surface area contributed by atoms with Crippen LogP contribution in [0, 0.1) is 20.8 Å². The molecule has 0 bridgehead atoms. The first-order chi connectivity index (χ1) is 13.5. The van der Waals surface area contributed by atoms with Crippen molar-refractivity contribution in [3.8, 4) is 5.69 Å². The minimum atomic E-state index is -0.114. The van der Waals surface area contributed by atoms with Crippen molar-refractivity contribution in [1.82, 2.24) is 19.7 Å². The van der Waals surface area contributed by atoms with E-state index < -0.39 is 0 Å². The smallest absolute Gasteiger partial charge is 0.236 e. The zero-order chi connectivity index (χ0) is 19.7. The third-order valence-corrected chi connectivity index (χ3v) is 6.07. The van der Waals surface area contributed by atoms with E-state index in [1.165, 1.54) is 34.2 Å². The van der Waals surface area contributed by atoms with Gasteiger partial charge in [0.05, 0.1) is 16.0 Å². The Bertz CT molecular complexity index is 1150. The van der Waals surface area contributed by atoms with Crippen molar-refractivity contribution in [3.63, 3.8) is 0 Å². The molecule has 4 rings (SSSR count). The molecule has 0 aliphatic carbocycles. The summed E-state index contributed by atoms with van der Waals surface area (Å²) in [5.41, 5.74) is 4.25. The predicted octanol–water partition coefficient (Wildman–Crippen LogP) is 4.53. The number of hydrogen-bond donors (Lipinski definition) is 1. The second-order valence-electron chi connectivity index (χ2n) is 6.53. The van der Waals surface area contributed by atoms with E-state index in [1.807, 2.05) is 61.7 Å². The van der Waals surface area contributed by atoms with Gasteiger partial charge in [0.1, 0.15) is 5.82 Å². The molecule has 2 heterocycles. The fourth-order valence-corrected chi connectivity index (χ4v) is 4.58. The van der Waals surface area contributed by atoms with Crippen LogP contribution in [0.15, 0.2) is 47.6 Å². The number of amides is 1. The van der Waals surface area contributed by atoms with Crippen molar-refractivity contribution in [2.45, 2.75) is 25.9 Å². The molecule has 4 aromatic rings. The van der Waals surface area contributed by atoms with Crippen LogP contribution in [0.4, 0.5) is 5.13 Å². The van der Waals surface area contributed by atoms with Gasteiger partial charge in [-0.3, -0.25) is 9.36 Å². The fourth-order valence-electron chi connectivity index (χ4n) is 2.80. The van der Waals surface area contributed by atoms with Gasteiger partial charge in [-0.25, -0.2) is 4.98 Å². The SMILES string of the molecule is Cc1ccc(-n2c(C)nnc2SCC(=O)Nc2nc3ccc(C)cc3s2)cc1.